The Morgan fingerprint density at radius 3 is 1.85 bits per heavy atom. The van der Waals surface area contributed by atoms with Gasteiger partial charge < -0.3 is 24.1 Å². The highest BCUT2D eigenvalue weighted by atomic mass is 32.3. The number of esters is 1. The number of rotatable bonds is 23. The summed E-state index contributed by atoms with van der Waals surface area (Å²) in [4.78, 5) is 31.5. The van der Waals surface area contributed by atoms with Crippen molar-refractivity contribution < 1.29 is 61.9 Å². The van der Waals surface area contributed by atoms with Gasteiger partial charge in [-0.1, -0.05) is 110 Å². The molecule has 4 aromatic rings. The lowest BCUT2D eigenvalue weighted by Gasteiger charge is -2.32. The summed E-state index contributed by atoms with van der Waals surface area (Å²) in [6.07, 6.45) is -0.247. The van der Waals surface area contributed by atoms with Crippen LogP contribution in [0.5, 0.6) is 0 Å². The van der Waals surface area contributed by atoms with Gasteiger partial charge in [0.15, 0.2) is 0 Å². The minimum atomic E-state index is -6.30. The van der Waals surface area contributed by atoms with Gasteiger partial charge in [0.2, 0.25) is 10.0 Å². The molecule has 0 saturated heterocycles. The monoisotopic (exact) mass is 1180 g/mol. The number of benzene rings is 5. The van der Waals surface area contributed by atoms with Crippen LogP contribution in [0, 0.1) is 5.41 Å². The summed E-state index contributed by atoms with van der Waals surface area (Å²) in [5, 5.41) is 3.61. The standard InChI is InChI=1S/C59H74F3N5O11S3/c1-14-58(12,13)56(68)76-30-28-63-57(69)77-31-29-66(15-2)80(72,73)52-23-18-17-20-47(52)53-45-26-24-40(64-54-43(36(4)5)21-19-22-44(54)37(6)7)32-50(45)78-51-33-41(25-27-46(51)53)67(16-3)55-48(38(8)9)34-42(35-49(55)39(10)11)79(70,71)65-81(74,75)59(60,61)62/h17-27,32-39,65H,14-16,28-31H2,1-13H3,(H,63,69). The zero-order valence-electron chi connectivity index (χ0n) is 48.1. The van der Waals surface area contributed by atoms with Crippen LogP contribution < -0.4 is 19.7 Å². The van der Waals surface area contributed by atoms with Crippen LogP contribution in [0.15, 0.2) is 110 Å². The highest BCUT2D eigenvalue weighted by Gasteiger charge is 2.49. The fourth-order valence-corrected chi connectivity index (χ4v) is 13.4. The summed E-state index contributed by atoms with van der Waals surface area (Å²) in [5.41, 5.74) is -0.0317. The van der Waals surface area contributed by atoms with E-state index in [0.29, 0.717) is 67.7 Å². The first kappa shape index (κ1) is 63.8. The molecule has 6 rings (SSSR count). The van der Waals surface area contributed by atoms with E-state index < -0.39 is 69.8 Å². The lowest BCUT2D eigenvalue weighted by Crippen LogP contribution is -2.40. The summed E-state index contributed by atoms with van der Waals surface area (Å²) in [6, 6.07) is 25.9. The lowest BCUT2D eigenvalue weighted by atomic mass is 9.91. The van der Waals surface area contributed by atoms with Gasteiger partial charge in [-0.25, -0.2) is 35.0 Å². The summed E-state index contributed by atoms with van der Waals surface area (Å²) in [5.74, 6) is -0.633. The molecule has 0 aromatic heterocycles. The number of hydrogen-bond acceptors (Lipinski definition) is 13. The summed E-state index contributed by atoms with van der Waals surface area (Å²) >= 11 is 0. The molecule has 0 spiro atoms. The van der Waals surface area contributed by atoms with Crippen molar-refractivity contribution in [3.05, 3.63) is 119 Å². The van der Waals surface area contributed by atoms with E-state index in [-0.39, 0.29) is 56.1 Å². The van der Waals surface area contributed by atoms with E-state index in [0.717, 1.165) is 20.9 Å². The zero-order valence-corrected chi connectivity index (χ0v) is 50.6. The average Bonchev–Trinajstić information content (AvgIpc) is 3.60. The van der Waals surface area contributed by atoms with Gasteiger partial charge >= 0.3 is 27.6 Å². The molecular weight excluding hydrogens is 1110 g/mol. The van der Waals surface area contributed by atoms with Crippen molar-refractivity contribution in [1.29, 1.82) is 0 Å². The van der Waals surface area contributed by atoms with Gasteiger partial charge in [0.25, 0.3) is 10.0 Å². The number of hydrogen-bond donors (Lipinski definition) is 2. The second-order valence-corrected chi connectivity index (χ2v) is 27.0. The molecule has 0 radical (unpaired) electrons. The van der Waals surface area contributed by atoms with E-state index in [1.807, 2.05) is 36.9 Å². The number of anilines is 2. The van der Waals surface area contributed by atoms with Crippen molar-refractivity contribution in [2.75, 3.05) is 44.3 Å². The molecular formula is C59H74F3N5O11S3. The molecule has 0 saturated carbocycles. The number of carbonyl (C=O) groups excluding carboxylic acids is 2. The predicted octanol–water partition coefficient (Wildman–Crippen LogP) is 12.9. The van der Waals surface area contributed by atoms with E-state index in [4.69, 9.17) is 18.9 Å². The molecule has 1 aliphatic heterocycles. The maximum atomic E-state index is 15.0. The Morgan fingerprint density at radius 2 is 1.30 bits per heavy atom. The molecule has 1 heterocycles. The maximum Gasteiger partial charge on any atom is 0.512 e. The van der Waals surface area contributed by atoms with Gasteiger partial charge in [-0.3, -0.25) is 4.79 Å². The first-order valence-corrected chi connectivity index (χ1v) is 31.4. The SMILES string of the molecule is CCN(c1ccc2c(-c3ccccc3S(=O)(=O)N(CC)CCOC(=O)NCCOC(=O)C(C)(C)CC)c3ccc(=Nc4c(C(C)C)cccc4C(C)C)cc-3oc2c1)c1c(C(C)C)cc(S(=O)(=O)NS(=O)(=O)C(F)(F)F)cc1C(C)C. The van der Waals surface area contributed by atoms with Gasteiger partial charge in [0.05, 0.1) is 32.8 Å². The first-order chi connectivity index (χ1) is 37.8. The van der Waals surface area contributed by atoms with Crippen LogP contribution in [-0.4, -0.2) is 86.5 Å². The van der Waals surface area contributed by atoms with Crippen molar-refractivity contribution >= 4 is 70.2 Å². The van der Waals surface area contributed by atoms with Gasteiger partial charge in [0, 0.05) is 65.2 Å². The number of alkyl halides is 3. The molecule has 0 fully saturated rings. The summed E-state index contributed by atoms with van der Waals surface area (Å²) < 4.78 is 141. The Hall–Kier alpha value is -6.33. The zero-order chi connectivity index (χ0) is 60.2. The largest absolute Gasteiger partial charge is 0.512 e. The third-order valence-corrected chi connectivity index (χ3v) is 19.4. The average molecular weight is 1180 g/mol. The van der Waals surface area contributed by atoms with Gasteiger partial charge in [-0.15, -0.1) is 0 Å². The third kappa shape index (κ3) is 14.1. The van der Waals surface area contributed by atoms with Crippen LogP contribution in [0.4, 0.5) is 35.0 Å². The van der Waals surface area contributed by atoms with Crippen LogP contribution in [-0.2, 0) is 44.3 Å². The minimum Gasteiger partial charge on any atom is -0.463 e. The Kier molecular flexibility index (Phi) is 20.1. The van der Waals surface area contributed by atoms with Gasteiger partial charge in [-0.05, 0) is 116 Å². The van der Waals surface area contributed by atoms with E-state index in [2.05, 4.69) is 45.1 Å². The number of likely N-dealkylation sites (N-methyl/N-ethyl adjacent to an activating group) is 1. The molecule has 2 aliphatic rings. The topological polar surface area (TPSA) is 211 Å². The number of nitrogens with one attached hydrogen (secondary N) is 2. The van der Waals surface area contributed by atoms with Crippen molar-refractivity contribution in [2.24, 2.45) is 10.4 Å². The van der Waals surface area contributed by atoms with Crippen LogP contribution in [0.1, 0.15) is 142 Å². The van der Waals surface area contributed by atoms with Crippen LogP contribution >= 0.6 is 0 Å². The molecule has 4 aromatic carbocycles. The second-order valence-electron chi connectivity index (χ2n) is 21.5. The van der Waals surface area contributed by atoms with Crippen molar-refractivity contribution in [3.63, 3.8) is 0 Å². The number of alkyl carbamates (subject to hydrolysis) is 1. The lowest BCUT2D eigenvalue weighted by molar-refractivity contribution is -0.153. The number of ether oxygens (including phenoxy) is 2. The molecule has 0 unspecified atom stereocenters. The highest BCUT2D eigenvalue weighted by Crippen LogP contribution is 2.46. The normalized spacial score (nSPS) is 13.1. The minimum absolute atomic E-state index is 0.0144. The van der Waals surface area contributed by atoms with E-state index in [9.17, 15) is 48.0 Å². The van der Waals surface area contributed by atoms with E-state index in [1.165, 1.54) is 22.5 Å². The number of amides is 1. The molecule has 440 valence electrons. The molecule has 16 nitrogen and oxygen atoms in total. The number of carbonyl (C=O) groups is 2. The Labute approximate surface area is 474 Å². The van der Waals surface area contributed by atoms with Gasteiger partial charge in [0.1, 0.15) is 24.6 Å². The number of halogens is 3. The fraction of sp³-hybridized carbons (Fsp3) is 0.441. The molecule has 81 heavy (non-hydrogen) atoms. The molecule has 22 heteroatoms. The third-order valence-electron chi connectivity index (χ3n) is 14.1. The van der Waals surface area contributed by atoms with Crippen LogP contribution in [0.2, 0.25) is 0 Å². The number of fused-ring (bicyclic) bond motifs is 2. The molecule has 1 aliphatic carbocycles. The van der Waals surface area contributed by atoms with Crippen LogP contribution in [0.3, 0.4) is 0 Å². The van der Waals surface area contributed by atoms with E-state index >= 15 is 0 Å². The quantitative estimate of drug-likeness (QED) is 0.0349. The number of nitrogens with zero attached hydrogens (tertiary/aromatic N) is 3. The van der Waals surface area contributed by atoms with Crippen LogP contribution in [0.25, 0.3) is 33.4 Å². The molecule has 0 bridgehead atoms. The van der Waals surface area contributed by atoms with Crippen molar-refractivity contribution in [3.8, 4) is 22.5 Å². The Balaban J connectivity index is 1.53. The Bertz CT molecular complexity index is 3620. The van der Waals surface area contributed by atoms with Crippen molar-refractivity contribution in [2.45, 2.75) is 135 Å². The first-order valence-electron chi connectivity index (χ1n) is 27.0. The molecule has 1 amide bonds. The predicted molar refractivity (Wildman–Crippen MR) is 310 cm³/mol. The molecule has 0 atom stereocenters. The van der Waals surface area contributed by atoms with Crippen molar-refractivity contribution in [1.82, 2.24) is 13.7 Å². The highest BCUT2D eigenvalue weighted by molar-refractivity contribution is 8.05. The number of sulfonamides is 3. The fourth-order valence-electron chi connectivity index (χ4n) is 9.29. The molecule has 2 N–H and O–H groups in total. The number of para-hydroxylation sites is 1. The summed E-state index contributed by atoms with van der Waals surface area (Å²) in [6.45, 7) is 24.2. The second kappa shape index (κ2) is 25.4. The summed E-state index contributed by atoms with van der Waals surface area (Å²) in [7, 11) is -15.9. The Morgan fingerprint density at radius 1 is 0.691 bits per heavy atom. The van der Waals surface area contributed by atoms with E-state index in [1.54, 1.807) is 90.9 Å². The maximum absolute atomic E-state index is 15.0. The smallest absolute Gasteiger partial charge is 0.463 e. The van der Waals surface area contributed by atoms with Gasteiger partial charge in [-0.2, -0.15) is 17.5 Å².